The molecule has 4 aromatic rings. The molecule has 156 valence electrons. The summed E-state index contributed by atoms with van der Waals surface area (Å²) < 4.78 is 6.87. The first-order chi connectivity index (χ1) is 15.1. The van der Waals surface area contributed by atoms with E-state index in [-0.39, 0.29) is 17.2 Å². The van der Waals surface area contributed by atoms with Crippen LogP contribution in [-0.4, -0.2) is 33.2 Å². The summed E-state index contributed by atoms with van der Waals surface area (Å²) in [6, 6.07) is 18.8. The molecule has 0 saturated carbocycles. The maximum absolute atomic E-state index is 10.4. The van der Waals surface area contributed by atoms with Crippen LogP contribution in [0.3, 0.4) is 0 Å². The Morgan fingerprint density at radius 2 is 1.74 bits per heavy atom. The van der Waals surface area contributed by atoms with Gasteiger partial charge in [-0.2, -0.15) is 5.10 Å². The predicted molar refractivity (Wildman–Crippen MR) is 120 cm³/mol. The number of rotatable bonds is 5. The van der Waals surface area contributed by atoms with Crippen LogP contribution in [0.1, 0.15) is 5.56 Å². The Morgan fingerprint density at radius 1 is 0.935 bits per heavy atom. The number of benzene rings is 3. The standard InChI is InChI=1S/C23H19N3O4S/c1-30-22-10-7-16(11-21(22)29)26-19(18-12-17(27)8-9-20(18)28)14-31-23(26)25-24-13-15-5-3-2-4-6-15/h2-14,27-29H,1H3/b24-13+,25-23+. The van der Waals surface area contributed by atoms with Gasteiger partial charge >= 0.3 is 0 Å². The topological polar surface area (TPSA) is 99.6 Å². The maximum Gasteiger partial charge on any atom is 0.215 e. The van der Waals surface area contributed by atoms with E-state index in [4.69, 9.17) is 4.74 Å². The van der Waals surface area contributed by atoms with Crippen LogP contribution in [0.2, 0.25) is 0 Å². The van der Waals surface area contributed by atoms with E-state index in [0.29, 0.717) is 27.5 Å². The van der Waals surface area contributed by atoms with E-state index in [1.165, 1.54) is 42.7 Å². The maximum atomic E-state index is 10.4. The number of hydrogen-bond donors (Lipinski definition) is 3. The first kappa shape index (κ1) is 20.2. The number of aromatic nitrogens is 1. The average Bonchev–Trinajstić information content (AvgIpc) is 3.19. The number of phenols is 3. The van der Waals surface area contributed by atoms with Gasteiger partial charge in [-0.3, -0.25) is 4.57 Å². The molecule has 0 unspecified atom stereocenters. The molecule has 4 rings (SSSR count). The van der Waals surface area contributed by atoms with E-state index in [9.17, 15) is 15.3 Å². The van der Waals surface area contributed by atoms with Gasteiger partial charge in [-0.15, -0.1) is 16.4 Å². The normalized spacial score (nSPS) is 11.8. The third kappa shape index (κ3) is 4.29. The Balaban J connectivity index is 1.89. The summed E-state index contributed by atoms with van der Waals surface area (Å²) in [6.45, 7) is 0. The number of phenolic OH excluding ortho intramolecular Hbond substituents is 3. The molecule has 0 aliphatic rings. The summed E-state index contributed by atoms with van der Waals surface area (Å²) in [5.74, 6) is 0.315. The van der Waals surface area contributed by atoms with Gasteiger partial charge in [0.1, 0.15) is 11.5 Å². The summed E-state index contributed by atoms with van der Waals surface area (Å²) in [5, 5.41) is 40.9. The first-order valence-electron chi connectivity index (χ1n) is 9.29. The third-order valence-corrected chi connectivity index (χ3v) is 5.35. The second-order valence-electron chi connectivity index (χ2n) is 6.55. The molecule has 1 heterocycles. The van der Waals surface area contributed by atoms with Gasteiger partial charge in [-0.1, -0.05) is 30.3 Å². The van der Waals surface area contributed by atoms with Crippen LogP contribution >= 0.6 is 11.3 Å². The van der Waals surface area contributed by atoms with E-state index in [1.807, 2.05) is 30.3 Å². The van der Waals surface area contributed by atoms with E-state index in [2.05, 4.69) is 10.2 Å². The molecular weight excluding hydrogens is 414 g/mol. The van der Waals surface area contributed by atoms with Crippen LogP contribution in [-0.2, 0) is 0 Å². The number of thiazole rings is 1. The fourth-order valence-corrected chi connectivity index (χ4v) is 3.90. The van der Waals surface area contributed by atoms with E-state index in [1.54, 1.807) is 28.3 Å². The Hall–Kier alpha value is -4.04. The Kier molecular flexibility index (Phi) is 5.72. The largest absolute Gasteiger partial charge is 0.508 e. The van der Waals surface area contributed by atoms with E-state index < -0.39 is 0 Å². The highest BCUT2D eigenvalue weighted by atomic mass is 32.1. The first-order valence-corrected chi connectivity index (χ1v) is 10.2. The van der Waals surface area contributed by atoms with Crippen molar-refractivity contribution in [2.24, 2.45) is 10.2 Å². The van der Waals surface area contributed by atoms with E-state index in [0.717, 1.165) is 5.56 Å². The van der Waals surface area contributed by atoms with Crippen molar-refractivity contribution in [1.29, 1.82) is 0 Å². The monoisotopic (exact) mass is 433 g/mol. The van der Waals surface area contributed by atoms with Gasteiger partial charge in [-0.25, -0.2) is 0 Å². The molecule has 0 radical (unpaired) electrons. The van der Waals surface area contributed by atoms with Gasteiger partial charge in [0.15, 0.2) is 11.5 Å². The summed E-state index contributed by atoms with van der Waals surface area (Å²) in [5.41, 5.74) is 2.49. The molecule has 3 N–H and O–H groups in total. The Bertz CT molecular complexity index is 1310. The van der Waals surface area contributed by atoms with Crippen molar-refractivity contribution >= 4 is 17.6 Å². The smallest absolute Gasteiger partial charge is 0.215 e. The number of ether oxygens (including phenoxy) is 1. The molecule has 0 aliphatic carbocycles. The zero-order valence-electron chi connectivity index (χ0n) is 16.5. The summed E-state index contributed by atoms with van der Waals surface area (Å²) in [4.78, 5) is 0.509. The molecule has 1 aromatic heterocycles. The molecule has 0 aliphatic heterocycles. The molecule has 0 bridgehead atoms. The Morgan fingerprint density at radius 3 is 2.48 bits per heavy atom. The van der Waals surface area contributed by atoms with Crippen molar-refractivity contribution in [3.05, 3.63) is 82.5 Å². The minimum atomic E-state index is -0.0384. The second-order valence-corrected chi connectivity index (χ2v) is 7.39. The van der Waals surface area contributed by atoms with Crippen molar-refractivity contribution < 1.29 is 20.1 Å². The van der Waals surface area contributed by atoms with Crippen LogP contribution in [0.5, 0.6) is 23.0 Å². The number of methoxy groups -OCH3 is 1. The van der Waals surface area contributed by atoms with Crippen LogP contribution in [0, 0.1) is 0 Å². The zero-order valence-corrected chi connectivity index (χ0v) is 17.3. The van der Waals surface area contributed by atoms with Crippen molar-refractivity contribution in [2.75, 3.05) is 7.11 Å². The fourth-order valence-electron chi connectivity index (χ4n) is 3.05. The fraction of sp³-hybridized carbons (Fsp3) is 0.0435. The van der Waals surface area contributed by atoms with E-state index >= 15 is 0 Å². The lowest BCUT2D eigenvalue weighted by atomic mass is 10.1. The lowest BCUT2D eigenvalue weighted by Crippen LogP contribution is -2.13. The third-order valence-electron chi connectivity index (χ3n) is 4.53. The lowest BCUT2D eigenvalue weighted by Gasteiger charge is -2.12. The molecule has 0 atom stereocenters. The Labute approximate surface area is 182 Å². The molecule has 3 aromatic carbocycles. The summed E-state index contributed by atoms with van der Waals surface area (Å²) >= 11 is 1.31. The van der Waals surface area contributed by atoms with Gasteiger partial charge in [-0.05, 0) is 35.9 Å². The van der Waals surface area contributed by atoms with Gasteiger partial charge in [0.25, 0.3) is 0 Å². The van der Waals surface area contributed by atoms with Gasteiger partial charge in [0.05, 0.1) is 24.7 Å². The molecule has 0 saturated heterocycles. The molecular formula is C23H19N3O4S. The molecule has 8 heteroatoms. The SMILES string of the molecule is COc1ccc(-n2c(-c3cc(O)ccc3O)cs/c2=N/N=C/c2ccccc2)cc1O. The van der Waals surface area contributed by atoms with Crippen molar-refractivity contribution in [3.63, 3.8) is 0 Å². The predicted octanol–water partition coefficient (Wildman–Crippen LogP) is 4.27. The van der Waals surface area contributed by atoms with Crippen LogP contribution < -0.4 is 9.54 Å². The highest BCUT2D eigenvalue weighted by Gasteiger charge is 2.15. The average molecular weight is 433 g/mol. The molecule has 0 spiro atoms. The quantitative estimate of drug-likeness (QED) is 0.249. The molecule has 0 fully saturated rings. The highest BCUT2D eigenvalue weighted by molar-refractivity contribution is 7.07. The van der Waals surface area contributed by atoms with Crippen molar-refractivity contribution in [3.8, 4) is 39.9 Å². The van der Waals surface area contributed by atoms with Gasteiger partial charge in [0, 0.05) is 17.0 Å². The van der Waals surface area contributed by atoms with Gasteiger partial charge in [0.2, 0.25) is 4.80 Å². The van der Waals surface area contributed by atoms with Crippen molar-refractivity contribution in [1.82, 2.24) is 4.57 Å². The number of hydrogen-bond acceptors (Lipinski definition) is 7. The summed E-state index contributed by atoms with van der Waals surface area (Å²) in [6.07, 6.45) is 1.64. The highest BCUT2D eigenvalue weighted by Crippen LogP contribution is 2.35. The lowest BCUT2D eigenvalue weighted by molar-refractivity contribution is 0.373. The van der Waals surface area contributed by atoms with Crippen LogP contribution in [0.15, 0.2) is 82.3 Å². The van der Waals surface area contributed by atoms with Crippen LogP contribution in [0.25, 0.3) is 16.9 Å². The number of aromatic hydroxyl groups is 3. The zero-order chi connectivity index (χ0) is 21.8. The van der Waals surface area contributed by atoms with Crippen molar-refractivity contribution in [2.45, 2.75) is 0 Å². The van der Waals surface area contributed by atoms with Gasteiger partial charge < -0.3 is 20.1 Å². The molecule has 31 heavy (non-hydrogen) atoms. The second kappa shape index (κ2) is 8.76. The molecule has 7 nitrogen and oxygen atoms in total. The minimum Gasteiger partial charge on any atom is -0.508 e. The minimum absolute atomic E-state index is 0.00132. The summed E-state index contributed by atoms with van der Waals surface area (Å²) in [7, 11) is 1.47. The number of nitrogens with zero attached hydrogens (tertiary/aromatic N) is 3. The molecule has 0 amide bonds. The van der Waals surface area contributed by atoms with Crippen LogP contribution in [0.4, 0.5) is 0 Å².